The first-order valence-electron chi connectivity index (χ1n) is 5.79. The zero-order chi connectivity index (χ0) is 11.8. The molecule has 90 valence electrons. The van der Waals surface area contributed by atoms with E-state index in [1.165, 1.54) is 0 Å². The lowest BCUT2D eigenvalue weighted by Crippen LogP contribution is -2.30. The van der Waals surface area contributed by atoms with E-state index in [-0.39, 0.29) is 6.10 Å². The topological polar surface area (TPSA) is 41.5 Å². The Morgan fingerprint density at radius 3 is 2.62 bits per heavy atom. The van der Waals surface area contributed by atoms with Crippen LogP contribution in [0.3, 0.4) is 0 Å². The molecule has 0 aliphatic rings. The maximum Gasteiger partial charge on any atom is 0.0897 e. The van der Waals surface area contributed by atoms with Crippen LogP contribution < -0.4 is 5.32 Å². The molecule has 3 nitrogen and oxygen atoms in total. The van der Waals surface area contributed by atoms with Gasteiger partial charge in [-0.2, -0.15) is 0 Å². The first-order valence-corrected chi connectivity index (χ1v) is 5.79. The minimum Gasteiger partial charge on any atom is -0.389 e. The lowest BCUT2D eigenvalue weighted by Gasteiger charge is -2.16. The molecule has 16 heavy (non-hydrogen) atoms. The van der Waals surface area contributed by atoms with Gasteiger partial charge in [-0.1, -0.05) is 37.3 Å². The number of aliphatic hydroxyl groups is 1. The molecular weight excluding hydrogens is 202 g/mol. The molecule has 0 saturated carbocycles. The molecule has 2 unspecified atom stereocenters. The highest BCUT2D eigenvalue weighted by molar-refractivity contribution is 5.16. The average Bonchev–Trinajstić information content (AvgIpc) is 2.34. The van der Waals surface area contributed by atoms with E-state index in [9.17, 15) is 5.11 Å². The van der Waals surface area contributed by atoms with E-state index in [2.05, 4.69) is 5.32 Å². The maximum atomic E-state index is 9.59. The van der Waals surface area contributed by atoms with E-state index in [1.54, 1.807) is 0 Å². The van der Waals surface area contributed by atoms with Gasteiger partial charge in [-0.3, -0.25) is 0 Å². The molecule has 0 aromatic heterocycles. The largest absolute Gasteiger partial charge is 0.389 e. The SMILES string of the molecule is CCNCC(O)COC(C)c1ccccc1. The number of rotatable bonds is 7. The lowest BCUT2D eigenvalue weighted by atomic mass is 10.1. The molecule has 0 spiro atoms. The molecule has 0 radical (unpaired) electrons. The Kier molecular flexibility index (Phi) is 6.08. The Morgan fingerprint density at radius 1 is 1.31 bits per heavy atom. The summed E-state index contributed by atoms with van der Waals surface area (Å²) in [6.07, 6.45) is -0.413. The minimum absolute atomic E-state index is 0.0254. The number of benzene rings is 1. The fourth-order valence-corrected chi connectivity index (χ4v) is 1.45. The van der Waals surface area contributed by atoms with E-state index >= 15 is 0 Å². The molecule has 2 N–H and O–H groups in total. The highest BCUT2D eigenvalue weighted by Gasteiger charge is 2.08. The number of ether oxygens (including phenoxy) is 1. The molecule has 2 atom stereocenters. The van der Waals surface area contributed by atoms with Crippen LogP contribution in [0.15, 0.2) is 30.3 Å². The van der Waals surface area contributed by atoms with E-state index in [4.69, 9.17) is 4.74 Å². The summed E-state index contributed by atoms with van der Waals surface area (Å²) in [7, 11) is 0. The van der Waals surface area contributed by atoms with Crippen LogP contribution in [0.25, 0.3) is 0 Å². The lowest BCUT2D eigenvalue weighted by molar-refractivity contribution is -0.00183. The van der Waals surface area contributed by atoms with Gasteiger partial charge in [0.05, 0.1) is 18.8 Å². The monoisotopic (exact) mass is 223 g/mol. The van der Waals surface area contributed by atoms with Crippen molar-refractivity contribution >= 4 is 0 Å². The van der Waals surface area contributed by atoms with Crippen molar-refractivity contribution in [1.82, 2.24) is 5.32 Å². The van der Waals surface area contributed by atoms with Crippen LogP contribution in [0.4, 0.5) is 0 Å². The number of nitrogens with one attached hydrogen (secondary N) is 1. The Labute approximate surface area is 97.4 Å². The second kappa shape index (κ2) is 7.39. The average molecular weight is 223 g/mol. The van der Waals surface area contributed by atoms with Gasteiger partial charge < -0.3 is 15.2 Å². The summed E-state index contributed by atoms with van der Waals surface area (Å²) in [5.74, 6) is 0. The molecule has 0 amide bonds. The second-order valence-corrected chi connectivity index (χ2v) is 3.85. The molecule has 0 aliphatic carbocycles. The number of hydrogen-bond acceptors (Lipinski definition) is 3. The summed E-state index contributed by atoms with van der Waals surface area (Å²) in [5, 5.41) is 12.7. The van der Waals surface area contributed by atoms with Crippen LogP contribution in [-0.4, -0.2) is 30.9 Å². The maximum absolute atomic E-state index is 9.59. The van der Waals surface area contributed by atoms with E-state index in [1.807, 2.05) is 44.2 Å². The van der Waals surface area contributed by atoms with Crippen LogP contribution in [0, 0.1) is 0 Å². The standard InChI is InChI=1S/C13H21NO2/c1-3-14-9-13(15)10-16-11(2)12-7-5-4-6-8-12/h4-8,11,13-15H,3,9-10H2,1-2H3. The van der Waals surface area contributed by atoms with Crippen LogP contribution in [0.1, 0.15) is 25.5 Å². The van der Waals surface area contributed by atoms with Gasteiger partial charge in [-0.15, -0.1) is 0 Å². The van der Waals surface area contributed by atoms with Crippen molar-refractivity contribution in [3.8, 4) is 0 Å². The highest BCUT2D eigenvalue weighted by atomic mass is 16.5. The van der Waals surface area contributed by atoms with Gasteiger partial charge in [0.2, 0.25) is 0 Å². The Hall–Kier alpha value is -0.900. The van der Waals surface area contributed by atoms with Gasteiger partial charge in [0.25, 0.3) is 0 Å². The van der Waals surface area contributed by atoms with Crippen molar-refractivity contribution in [3.05, 3.63) is 35.9 Å². The Morgan fingerprint density at radius 2 is 2.00 bits per heavy atom. The van der Waals surface area contributed by atoms with Gasteiger partial charge in [0.1, 0.15) is 0 Å². The number of aliphatic hydroxyl groups excluding tert-OH is 1. The quantitative estimate of drug-likeness (QED) is 0.739. The van der Waals surface area contributed by atoms with Gasteiger partial charge in [0, 0.05) is 6.54 Å². The van der Waals surface area contributed by atoms with Crippen molar-refractivity contribution in [2.24, 2.45) is 0 Å². The third kappa shape index (κ3) is 4.75. The van der Waals surface area contributed by atoms with Crippen LogP contribution >= 0.6 is 0 Å². The molecule has 1 aromatic rings. The minimum atomic E-state index is -0.439. The number of hydrogen-bond donors (Lipinski definition) is 2. The molecular formula is C13H21NO2. The van der Waals surface area contributed by atoms with Crippen molar-refractivity contribution in [3.63, 3.8) is 0 Å². The van der Waals surface area contributed by atoms with Gasteiger partial charge in [0.15, 0.2) is 0 Å². The third-order valence-corrected chi connectivity index (χ3v) is 2.44. The van der Waals surface area contributed by atoms with Crippen LogP contribution in [0.2, 0.25) is 0 Å². The molecule has 0 bridgehead atoms. The molecule has 3 heteroatoms. The molecule has 0 heterocycles. The van der Waals surface area contributed by atoms with Crippen molar-refractivity contribution in [2.75, 3.05) is 19.7 Å². The highest BCUT2D eigenvalue weighted by Crippen LogP contribution is 2.15. The van der Waals surface area contributed by atoms with E-state index in [0.717, 1.165) is 12.1 Å². The Bertz CT molecular complexity index is 277. The Balaban J connectivity index is 2.27. The molecule has 1 rings (SSSR count). The van der Waals surface area contributed by atoms with E-state index in [0.29, 0.717) is 13.2 Å². The normalized spacial score (nSPS) is 14.7. The summed E-state index contributed by atoms with van der Waals surface area (Å²) in [5.41, 5.74) is 1.14. The second-order valence-electron chi connectivity index (χ2n) is 3.85. The molecule has 1 aromatic carbocycles. The summed E-state index contributed by atoms with van der Waals surface area (Å²) < 4.78 is 5.60. The summed E-state index contributed by atoms with van der Waals surface area (Å²) >= 11 is 0. The van der Waals surface area contributed by atoms with Gasteiger partial charge in [-0.05, 0) is 19.0 Å². The van der Waals surface area contributed by atoms with Crippen molar-refractivity contribution in [1.29, 1.82) is 0 Å². The van der Waals surface area contributed by atoms with Gasteiger partial charge in [-0.25, -0.2) is 0 Å². The van der Waals surface area contributed by atoms with Crippen LogP contribution in [-0.2, 0) is 4.74 Å². The number of likely N-dealkylation sites (N-methyl/N-ethyl adjacent to an activating group) is 1. The molecule has 0 saturated heterocycles. The smallest absolute Gasteiger partial charge is 0.0897 e. The summed E-state index contributed by atoms with van der Waals surface area (Å²) in [6.45, 7) is 5.82. The zero-order valence-electron chi connectivity index (χ0n) is 10.0. The summed E-state index contributed by atoms with van der Waals surface area (Å²) in [6, 6.07) is 10.0. The fourth-order valence-electron chi connectivity index (χ4n) is 1.45. The van der Waals surface area contributed by atoms with Crippen molar-refractivity contribution in [2.45, 2.75) is 26.1 Å². The molecule has 0 fully saturated rings. The summed E-state index contributed by atoms with van der Waals surface area (Å²) in [4.78, 5) is 0. The van der Waals surface area contributed by atoms with Crippen molar-refractivity contribution < 1.29 is 9.84 Å². The first-order chi connectivity index (χ1) is 7.74. The fraction of sp³-hybridized carbons (Fsp3) is 0.538. The molecule has 0 aliphatic heterocycles. The van der Waals surface area contributed by atoms with Gasteiger partial charge >= 0.3 is 0 Å². The van der Waals surface area contributed by atoms with E-state index < -0.39 is 6.10 Å². The predicted octanol–water partition coefficient (Wildman–Crippen LogP) is 1.73. The zero-order valence-corrected chi connectivity index (χ0v) is 10.0. The van der Waals surface area contributed by atoms with Crippen LogP contribution in [0.5, 0.6) is 0 Å². The predicted molar refractivity (Wildman–Crippen MR) is 65.4 cm³/mol. The first kappa shape index (κ1) is 13.2. The third-order valence-electron chi connectivity index (χ3n) is 2.44.